The molecule has 20 heavy (non-hydrogen) atoms. The van der Waals surface area contributed by atoms with E-state index in [9.17, 15) is 4.79 Å². The molecule has 1 fully saturated rings. The van der Waals surface area contributed by atoms with Crippen LogP contribution in [0.2, 0.25) is 0 Å². The van der Waals surface area contributed by atoms with Gasteiger partial charge in [0, 0.05) is 31.7 Å². The van der Waals surface area contributed by atoms with Gasteiger partial charge < -0.3 is 10.2 Å². The van der Waals surface area contributed by atoms with Crippen molar-refractivity contribution in [3.63, 3.8) is 0 Å². The summed E-state index contributed by atoms with van der Waals surface area (Å²) in [6.07, 6.45) is 3.91. The SMILES string of the molecule is CCCCC(=O)NCC1CCN(c2cccc(C)c2)C1. The highest BCUT2D eigenvalue weighted by Crippen LogP contribution is 2.24. The zero-order chi connectivity index (χ0) is 14.4. The zero-order valence-electron chi connectivity index (χ0n) is 12.7. The van der Waals surface area contributed by atoms with E-state index in [1.807, 2.05) is 0 Å². The predicted octanol–water partition coefficient (Wildman–Crippen LogP) is 3.13. The fraction of sp³-hybridized carbons (Fsp3) is 0.588. The summed E-state index contributed by atoms with van der Waals surface area (Å²) >= 11 is 0. The van der Waals surface area contributed by atoms with E-state index >= 15 is 0 Å². The van der Waals surface area contributed by atoms with Crippen molar-refractivity contribution in [1.29, 1.82) is 0 Å². The highest BCUT2D eigenvalue weighted by molar-refractivity contribution is 5.75. The number of carbonyl (C=O) groups is 1. The van der Waals surface area contributed by atoms with E-state index < -0.39 is 0 Å². The second-order valence-corrected chi connectivity index (χ2v) is 5.85. The highest BCUT2D eigenvalue weighted by atomic mass is 16.1. The van der Waals surface area contributed by atoms with Crippen LogP contribution in [-0.4, -0.2) is 25.5 Å². The van der Waals surface area contributed by atoms with Crippen LogP contribution in [0.15, 0.2) is 24.3 Å². The third kappa shape index (κ3) is 4.26. The molecule has 1 aromatic carbocycles. The van der Waals surface area contributed by atoms with Gasteiger partial charge in [-0.25, -0.2) is 0 Å². The van der Waals surface area contributed by atoms with Gasteiger partial charge >= 0.3 is 0 Å². The molecule has 1 aliphatic heterocycles. The number of benzene rings is 1. The monoisotopic (exact) mass is 274 g/mol. The topological polar surface area (TPSA) is 32.3 Å². The number of anilines is 1. The second kappa shape index (κ2) is 7.32. The van der Waals surface area contributed by atoms with Crippen LogP contribution in [0, 0.1) is 12.8 Å². The van der Waals surface area contributed by atoms with Crippen molar-refractivity contribution < 1.29 is 4.79 Å². The fourth-order valence-electron chi connectivity index (χ4n) is 2.74. The Balaban J connectivity index is 1.76. The average molecular weight is 274 g/mol. The molecule has 0 aromatic heterocycles. The van der Waals surface area contributed by atoms with Crippen molar-refractivity contribution in [2.45, 2.75) is 39.5 Å². The van der Waals surface area contributed by atoms with E-state index in [0.29, 0.717) is 12.3 Å². The Hall–Kier alpha value is -1.51. The lowest BCUT2D eigenvalue weighted by molar-refractivity contribution is -0.121. The van der Waals surface area contributed by atoms with Gasteiger partial charge in [-0.1, -0.05) is 25.5 Å². The lowest BCUT2D eigenvalue weighted by Crippen LogP contribution is -2.30. The molecule has 1 heterocycles. The Labute approximate surface area is 122 Å². The maximum absolute atomic E-state index is 11.6. The lowest BCUT2D eigenvalue weighted by Gasteiger charge is -2.19. The number of hydrogen-bond donors (Lipinski definition) is 1. The molecule has 2 rings (SSSR count). The molecule has 0 aliphatic carbocycles. The lowest BCUT2D eigenvalue weighted by atomic mass is 10.1. The maximum Gasteiger partial charge on any atom is 0.220 e. The molecule has 1 atom stereocenters. The quantitative estimate of drug-likeness (QED) is 0.864. The van der Waals surface area contributed by atoms with Crippen LogP contribution in [0.4, 0.5) is 5.69 Å². The van der Waals surface area contributed by atoms with Gasteiger partial charge in [0.25, 0.3) is 0 Å². The molecule has 3 heteroatoms. The van der Waals surface area contributed by atoms with Crippen molar-refractivity contribution in [1.82, 2.24) is 5.32 Å². The average Bonchev–Trinajstić information content (AvgIpc) is 2.92. The van der Waals surface area contributed by atoms with Gasteiger partial charge in [-0.3, -0.25) is 4.79 Å². The van der Waals surface area contributed by atoms with Crippen molar-refractivity contribution >= 4 is 11.6 Å². The van der Waals surface area contributed by atoms with Gasteiger partial charge in [-0.2, -0.15) is 0 Å². The number of carbonyl (C=O) groups excluding carboxylic acids is 1. The number of nitrogens with one attached hydrogen (secondary N) is 1. The first-order chi connectivity index (χ1) is 9.69. The maximum atomic E-state index is 11.6. The van der Waals surface area contributed by atoms with Crippen LogP contribution in [0.25, 0.3) is 0 Å². The van der Waals surface area contributed by atoms with Crippen LogP contribution in [0.1, 0.15) is 38.2 Å². The summed E-state index contributed by atoms with van der Waals surface area (Å²) in [7, 11) is 0. The Morgan fingerprint density at radius 3 is 3.05 bits per heavy atom. The molecule has 1 amide bonds. The molecule has 1 saturated heterocycles. The molecule has 1 N–H and O–H groups in total. The van der Waals surface area contributed by atoms with Crippen LogP contribution >= 0.6 is 0 Å². The van der Waals surface area contributed by atoms with E-state index in [1.54, 1.807) is 0 Å². The molecule has 0 bridgehead atoms. The normalized spacial score (nSPS) is 18.3. The first-order valence-corrected chi connectivity index (χ1v) is 7.77. The molecule has 1 aromatic rings. The number of aryl methyl sites for hydroxylation is 1. The molecular weight excluding hydrogens is 248 g/mol. The molecule has 1 unspecified atom stereocenters. The van der Waals surface area contributed by atoms with Crippen molar-refractivity contribution in [3.05, 3.63) is 29.8 Å². The van der Waals surface area contributed by atoms with Gasteiger partial charge in [0.15, 0.2) is 0 Å². The van der Waals surface area contributed by atoms with Gasteiger partial charge in [-0.05, 0) is 43.4 Å². The van der Waals surface area contributed by atoms with Gasteiger partial charge in [0.1, 0.15) is 0 Å². The van der Waals surface area contributed by atoms with E-state index in [2.05, 4.69) is 48.3 Å². The fourth-order valence-corrected chi connectivity index (χ4v) is 2.74. The molecular formula is C17H26N2O. The van der Waals surface area contributed by atoms with Crippen LogP contribution in [0.3, 0.4) is 0 Å². The summed E-state index contributed by atoms with van der Waals surface area (Å²) < 4.78 is 0. The van der Waals surface area contributed by atoms with Crippen LogP contribution < -0.4 is 10.2 Å². The van der Waals surface area contributed by atoms with E-state index in [-0.39, 0.29) is 5.91 Å². The number of unbranched alkanes of at least 4 members (excludes halogenated alkanes) is 1. The zero-order valence-corrected chi connectivity index (χ0v) is 12.7. The minimum Gasteiger partial charge on any atom is -0.371 e. The summed E-state index contributed by atoms with van der Waals surface area (Å²) in [5.74, 6) is 0.793. The second-order valence-electron chi connectivity index (χ2n) is 5.85. The smallest absolute Gasteiger partial charge is 0.220 e. The Kier molecular flexibility index (Phi) is 5.45. The van der Waals surface area contributed by atoms with E-state index in [1.165, 1.54) is 17.7 Å². The minimum absolute atomic E-state index is 0.209. The standard InChI is InChI=1S/C17H26N2O/c1-3-4-8-17(20)18-12-15-9-10-19(13-15)16-7-5-6-14(2)11-16/h5-7,11,15H,3-4,8-10,12-13H2,1-2H3,(H,18,20). The summed E-state index contributed by atoms with van der Waals surface area (Å²) in [5, 5.41) is 3.08. The molecule has 0 radical (unpaired) electrons. The van der Waals surface area contributed by atoms with Gasteiger partial charge in [0.2, 0.25) is 5.91 Å². The van der Waals surface area contributed by atoms with Crippen LogP contribution in [-0.2, 0) is 4.79 Å². The van der Waals surface area contributed by atoms with Crippen molar-refractivity contribution in [2.24, 2.45) is 5.92 Å². The molecule has 3 nitrogen and oxygen atoms in total. The first kappa shape index (κ1) is 14.9. The van der Waals surface area contributed by atoms with Crippen LogP contribution in [0.5, 0.6) is 0 Å². The first-order valence-electron chi connectivity index (χ1n) is 7.77. The van der Waals surface area contributed by atoms with E-state index in [4.69, 9.17) is 0 Å². The summed E-state index contributed by atoms with van der Waals surface area (Å²) in [5.41, 5.74) is 2.61. The summed E-state index contributed by atoms with van der Waals surface area (Å²) in [4.78, 5) is 14.1. The summed E-state index contributed by atoms with van der Waals surface area (Å²) in [6, 6.07) is 8.66. The minimum atomic E-state index is 0.209. The predicted molar refractivity (Wildman–Crippen MR) is 84.0 cm³/mol. The molecule has 110 valence electrons. The number of hydrogen-bond acceptors (Lipinski definition) is 2. The molecule has 0 spiro atoms. The highest BCUT2D eigenvalue weighted by Gasteiger charge is 2.22. The van der Waals surface area contributed by atoms with E-state index in [0.717, 1.165) is 32.5 Å². The third-order valence-electron chi connectivity index (χ3n) is 4.00. The van der Waals surface area contributed by atoms with Gasteiger partial charge in [0.05, 0.1) is 0 Å². The third-order valence-corrected chi connectivity index (χ3v) is 4.00. The van der Waals surface area contributed by atoms with Crippen molar-refractivity contribution in [2.75, 3.05) is 24.5 Å². The summed E-state index contributed by atoms with van der Waals surface area (Å²) in [6.45, 7) is 7.22. The number of rotatable bonds is 6. The Bertz CT molecular complexity index is 444. The Morgan fingerprint density at radius 1 is 1.45 bits per heavy atom. The number of nitrogens with zero attached hydrogens (tertiary/aromatic N) is 1. The largest absolute Gasteiger partial charge is 0.371 e. The molecule has 1 aliphatic rings. The van der Waals surface area contributed by atoms with Crippen molar-refractivity contribution in [3.8, 4) is 0 Å². The number of amides is 1. The van der Waals surface area contributed by atoms with Gasteiger partial charge in [-0.15, -0.1) is 0 Å². The molecule has 0 saturated carbocycles. The Morgan fingerprint density at radius 2 is 2.30 bits per heavy atom.